The Bertz CT molecular complexity index is 558. The zero-order valence-corrected chi connectivity index (χ0v) is 12.2. The predicted octanol–water partition coefficient (Wildman–Crippen LogP) is 4.00. The minimum atomic E-state index is -4.67. The molecule has 0 bridgehead atoms. The molecule has 2 rings (SSSR count). The Morgan fingerprint density at radius 2 is 1.62 bits per heavy atom. The smallest absolute Gasteiger partial charge is 0.257 e. The van der Waals surface area contributed by atoms with Gasteiger partial charge in [0.25, 0.3) is 10.1 Å². The minimum Gasteiger partial charge on any atom is -0.257 e. The molecule has 0 heterocycles. The number of hydrogen-bond acceptors (Lipinski definition) is 3. The maximum absolute atomic E-state index is 12.0. The summed E-state index contributed by atoms with van der Waals surface area (Å²) in [7, 11) is -4.36. The Labute approximate surface area is 122 Å². The summed E-state index contributed by atoms with van der Waals surface area (Å²) in [6.07, 6.45) is 0.982. The van der Waals surface area contributed by atoms with Crippen molar-refractivity contribution in [3.63, 3.8) is 0 Å². The first-order valence-corrected chi connectivity index (χ1v) is 8.25. The second-order valence-corrected chi connectivity index (χ2v) is 6.85. The highest BCUT2D eigenvalue weighted by molar-refractivity contribution is 7.86. The van der Waals surface area contributed by atoms with Crippen molar-refractivity contribution >= 4 is 10.1 Å². The Kier molecular flexibility index (Phi) is 4.93. The number of alkyl halides is 3. The van der Waals surface area contributed by atoms with Crippen molar-refractivity contribution in [1.82, 2.24) is 0 Å². The van der Waals surface area contributed by atoms with Gasteiger partial charge in [-0.1, -0.05) is 31.4 Å². The molecule has 0 amide bonds. The highest BCUT2D eigenvalue weighted by atomic mass is 32.2. The van der Waals surface area contributed by atoms with Crippen molar-refractivity contribution in [3.05, 3.63) is 29.8 Å². The third kappa shape index (κ3) is 4.71. The van der Waals surface area contributed by atoms with E-state index in [1.54, 1.807) is 12.1 Å². The SMILES string of the molecule is O=S(=O)(OCC(F)(F)F)c1ccc(C2CCCCC2)cc1. The molecule has 0 radical (unpaired) electrons. The van der Waals surface area contributed by atoms with Crippen LogP contribution in [0.25, 0.3) is 0 Å². The molecule has 0 aromatic heterocycles. The molecule has 1 aliphatic carbocycles. The van der Waals surface area contributed by atoms with Crippen LogP contribution in [0.2, 0.25) is 0 Å². The van der Waals surface area contributed by atoms with Gasteiger partial charge in [0, 0.05) is 0 Å². The Morgan fingerprint density at radius 3 is 2.14 bits per heavy atom. The quantitative estimate of drug-likeness (QED) is 0.787. The van der Waals surface area contributed by atoms with Crippen LogP contribution in [-0.4, -0.2) is 21.2 Å². The highest BCUT2D eigenvalue weighted by Gasteiger charge is 2.31. The fourth-order valence-corrected chi connectivity index (χ4v) is 3.45. The lowest BCUT2D eigenvalue weighted by atomic mass is 9.84. The fraction of sp³-hybridized carbons (Fsp3) is 0.571. The van der Waals surface area contributed by atoms with Crippen LogP contribution >= 0.6 is 0 Å². The van der Waals surface area contributed by atoms with Crippen LogP contribution in [0.3, 0.4) is 0 Å². The van der Waals surface area contributed by atoms with E-state index in [4.69, 9.17) is 0 Å². The molecule has 1 fully saturated rings. The zero-order valence-electron chi connectivity index (χ0n) is 11.4. The summed E-state index contributed by atoms with van der Waals surface area (Å²) in [5.41, 5.74) is 1.03. The second-order valence-electron chi connectivity index (χ2n) is 5.24. The molecule has 0 atom stereocenters. The molecule has 1 aliphatic rings. The van der Waals surface area contributed by atoms with Crippen LogP contribution in [0.5, 0.6) is 0 Å². The molecule has 0 spiro atoms. The summed E-state index contributed by atoms with van der Waals surface area (Å²) in [5, 5.41) is 0. The van der Waals surface area contributed by atoms with E-state index in [1.807, 2.05) is 0 Å². The normalized spacial score (nSPS) is 17.9. The molecule has 1 saturated carbocycles. The van der Waals surface area contributed by atoms with Crippen molar-refractivity contribution in [3.8, 4) is 0 Å². The van der Waals surface area contributed by atoms with E-state index in [9.17, 15) is 21.6 Å². The van der Waals surface area contributed by atoms with E-state index in [0.29, 0.717) is 5.92 Å². The molecule has 0 unspecified atom stereocenters. The lowest BCUT2D eigenvalue weighted by Crippen LogP contribution is -2.20. The van der Waals surface area contributed by atoms with Crippen molar-refractivity contribution in [2.45, 2.75) is 49.1 Å². The molecule has 21 heavy (non-hydrogen) atoms. The Hall–Kier alpha value is -1.08. The van der Waals surface area contributed by atoms with Gasteiger partial charge in [0.1, 0.15) is 0 Å². The van der Waals surface area contributed by atoms with Crippen molar-refractivity contribution in [2.75, 3.05) is 6.61 Å². The third-order valence-electron chi connectivity index (χ3n) is 3.62. The van der Waals surface area contributed by atoms with E-state index >= 15 is 0 Å². The van der Waals surface area contributed by atoms with E-state index in [0.717, 1.165) is 31.2 Å². The standard InChI is InChI=1S/C14H17F3O3S/c15-14(16,17)10-20-21(18,19)13-8-6-12(7-9-13)11-4-2-1-3-5-11/h6-9,11H,1-5,10H2. The van der Waals surface area contributed by atoms with E-state index in [2.05, 4.69) is 4.18 Å². The van der Waals surface area contributed by atoms with Gasteiger partial charge in [0.15, 0.2) is 6.61 Å². The molecular formula is C14H17F3O3S. The lowest BCUT2D eigenvalue weighted by Gasteiger charge is -2.22. The van der Waals surface area contributed by atoms with Gasteiger partial charge in [0.05, 0.1) is 4.90 Å². The van der Waals surface area contributed by atoms with Crippen LogP contribution in [0, 0.1) is 0 Å². The van der Waals surface area contributed by atoms with Crippen molar-refractivity contribution in [1.29, 1.82) is 0 Å². The molecule has 3 nitrogen and oxygen atoms in total. The molecule has 0 saturated heterocycles. The van der Waals surface area contributed by atoms with Crippen molar-refractivity contribution in [2.24, 2.45) is 0 Å². The molecule has 1 aromatic carbocycles. The average Bonchev–Trinajstić information content (AvgIpc) is 2.46. The Morgan fingerprint density at radius 1 is 1.05 bits per heavy atom. The molecule has 118 valence electrons. The number of benzene rings is 1. The number of hydrogen-bond donors (Lipinski definition) is 0. The minimum absolute atomic E-state index is 0.244. The van der Waals surface area contributed by atoms with Gasteiger partial charge >= 0.3 is 6.18 Å². The lowest BCUT2D eigenvalue weighted by molar-refractivity contribution is -0.152. The molecule has 0 aliphatic heterocycles. The summed E-state index contributed by atoms with van der Waals surface area (Å²) in [6.45, 7) is -1.81. The summed E-state index contributed by atoms with van der Waals surface area (Å²) < 4.78 is 63.4. The maximum Gasteiger partial charge on any atom is 0.413 e. The maximum atomic E-state index is 12.0. The van der Waals surface area contributed by atoms with Crippen LogP contribution in [0.15, 0.2) is 29.2 Å². The van der Waals surface area contributed by atoms with E-state index < -0.39 is 22.9 Å². The second kappa shape index (κ2) is 6.36. The summed E-state index contributed by atoms with van der Waals surface area (Å²) >= 11 is 0. The van der Waals surface area contributed by atoms with Gasteiger partial charge < -0.3 is 0 Å². The van der Waals surface area contributed by atoms with Gasteiger partial charge in [-0.25, -0.2) is 0 Å². The van der Waals surface area contributed by atoms with Crippen molar-refractivity contribution < 1.29 is 25.8 Å². The molecular weight excluding hydrogens is 305 g/mol. The van der Waals surface area contributed by atoms with E-state index in [1.165, 1.54) is 18.6 Å². The van der Waals surface area contributed by atoms with Crippen LogP contribution in [0.4, 0.5) is 13.2 Å². The largest absolute Gasteiger partial charge is 0.413 e. The average molecular weight is 322 g/mol. The summed E-state index contributed by atoms with van der Waals surface area (Å²) in [4.78, 5) is -0.244. The molecule has 0 N–H and O–H groups in total. The first kappa shape index (κ1) is 16.3. The van der Waals surface area contributed by atoms with Gasteiger partial charge in [-0.15, -0.1) is 0 Å². The highest BCUT2D eigenvalue weighted by Crippen LogP contribution is 2.33. The molecule has 1 aromatic rings. The first-order chi connectivity index (χ1) is 9.78. The monoisotopic (exact) mass is 322 g/mol. The van der Waals surface area contributed by atoms with Gasteiger partial charge in [-0.2, -0.15) is 21.6 Å². The topological polar surface area (TPSA) is 43.4 Å². The Balaban J connectivity index is 2.07. The summed E-state index contributed by atoms with van der Waals surface area (Å²) in [6, 6.07) is 5.96. The fourth-order valence-electron chi connectivity index (χ4n) is 2.56. The number of halogens is 3. The molecule has 7 heteroatoms. The van der Waals surface area contributed by atoms with E-state index in [-0.39, 0.29) is 4.90 Å². The van der Waals surface area contributed by atoms with Gasteiger partial charge in [0.2, 0.25) is 0 Å². The third-order valence-corrected chi connectivity index (χ3v) is 4.90. The first-order valence-electron chi connectivity index (χ1n) is 6.84. The number of rotatable bonds is 4. The van der Waals surface area contributed by atoms with Crippen LogP contribution in [-0.2, 0) is 14.3 Å². The van der Waals surface area contributed by atoms with Gasteiger partial charge in [-0.3, -0.25) is 4.18 Å². The summed E-state index contributed by atoms with van der Waals surface area (Å²) in [5.74, 6) is 0.409. The van der Waals surface area contributed by atoms with Crippen LogP contribution in [0.1, 0.15) is 43.6 Å². The van der Waals surface area contributed by atoms with Gasteiger partial charge in [-0.05, 0) is 36.5 Å². The predicted molar refractivity (Wildman–Crippen MR) is 71.5 cm³/mol. The zero-order chi connectivity index (χ0) is 15.5. The van der Waals surface area contributed by atoms with Crippen LogP contribution < -0.4 is 0 Å².